The number of amides is 1. The van der Waals surface area contributed by atoms with Crippen molar-refractivity contribution in [3.8, 4) is 0 Å². The van der Waals surface area contributed by atoms with E-state index in [0.717, 1.165) is 32.1 Å². The molecule has 3 N–H and O–H groups in total. The molecule has 0 spiro atoms. The summed E-state index contributed by atoms with van der Waals surface area (Å²) in [6, 6.07) is -0.641. The fraction of sp³-hybridized carbons (Fsp3) is 0.875. The number of aliphatic hydroxyl groups excluding tert-OH is 2. The Balaban J connectivity index is 3.50. The summed E-state index contributed by atoms with van der Waals surface area (Å²) < 4.78 is 0. The highest BCUT2D eigenvalue weighted by Gasteiger charge is 2.18. The Bertz CT molecular complexity index is 912. The van der Waals surface area contributed by atoms with Crippen LogP contribution < -0.4 is 5.32 Å². The summed E-state index contributed by atoms with van der Waals surface area (Å²) in [6.45, 7) is 4.32. The van der Waals surface area contributed by atoms with Crippen molar-refractivity contribution in [2.75, 3.05) is 6.61 Å². The van der Waals surface area contributed by atoms with Crippen LogP contribution >= 0.6 is 0 Å². The van der Waals surface area contributed by atoms with Crippen LogP contribution in [0.4, 0.5) is 0 Å². The summed E-state index contributed by atoms with van der Waals surface area (Å²) >= 11 is 0. The molecule has 2 unspecified atom stereocenters. The van der Waals surface area contributed by atoms with Crippen LogP contribution in [-0.2, 0) is 4.79 Å². The van der Waals surface area contributed by atoms with Gasteiger partial charge >= 0.3 is 0 Å². The normalized spacial score (nSPS) is 13.1. The van der Waals surface area contributed by atoms with E-state index in [1.807, 2.05) is 6.08 Å². The largest absolute Gasteiger partial charge is 0.394 e. The molecule has 0 aromatic carbocycles. The Kier molecular flexibility index (Phi) is 50.8. The van der Waals surface area contributed by atoms with Gasteiger partial charge in [-0.1, -0.05) is 269 Å². The first-order valence-electron chi connectivity index (χ1n) is 27.2. The van der Waals surface area contributed by atoms with Crippen molar-refractivity contribution < 1.29 is 15.0 Å². The third-order valence-corrected chi connectivity index (χ3v) is 12.6. The predicted molar refractivity (Wildman–Crippen MR) is 267 cm³/mol. The van der Waals surface area contributed by atoms with Crippen molar-refractivity contribution in [2.24, 2.45) is 0 Å². The van der Waals surface area contributed by atoms with Crippen LogP contribution in [-0.4, -0.2) is 34.9 Å². The maximum absolute atomic E-state index is 12.4. The van der Waals surface area contributed by atoms with Crippen LogP contribution in [0, 0.1) is 0 Å². The highest BCUT2D eigenvalue weighted by Crippen LogP contribution is 2.17. The minimum absolute atomic E-state index is 0.0759. The van der Waals surface area contributed by atoms with Gasteiger partial charge in [0.15, 0.2) is 0 Å². The lowest BCUT2D eigenvalue weighted by molar-refractivity contribution is -0.123. The molecule has 0 aliphatic carbocycles. The predicted octanol–water partition coefficient (Wildman–Crippen LogP) is 17.7. The van der Waals surface area contributed by atoms with Gasteiger partial charge in [0.25, 0.3) is 0 Å². The zero-order valence-electron chi connectivity index (χ0n) is 40.7. The lowest BCUT2D eigenvalue weighted by Gasteiger charge is -2.19. The zero-order chi connectivity index (χ0) is 43.5. The molecule has 1 amide bonds. The molecule has 4 nitrogen and oxygen atoms in total. The monoisotopic (exact) mass is 842 g/mol. The third kappa shape index (κ3) is 47.7. The summed E-state index contributed by atoms with van der Waals surface area (Å²) in [5, 5.41) is 23.1. The summed E-state index contributed by atoms with van der Waals surface area (Å²) in [7, 11) is 0. The van der Waals surface area contributed by atoms with Crippen molar-refractivity contribution in [1.29, 1.82) is 0 Å². The molecule has 0 aromatic rings. The van der Waals surface area contributed by atoms with Crippen molar-refractivity contribution >= 4 is 5.91 Å². The van der Waals surface area contributed by atoms with Crippen LogP contribution in [0.3, 0.4) is 0 Å². The van der Waals surface area contributed by atoms with Gasteiger partial charge in [0.1, 0.15) is 0 Å². The summed E-state index contributed by atoms with van der Waals surface area (Å²) in [6.07, 6.45) is 70.2. The topological polar surface area (TPSA) is 69.6 Å². The number of unbranched alkanes of at least 4 members (excludes halogenated alkanes) is 39. The third-order valence-electron chi connectivity index (χ3n) is 12.6. The highest BCUT2D eigenvalue weighted by atomic mass is 16.3. The number of carbonyl (C=O) groups is 1. The number of carbonyl (C=O) groups excluding carboxylic acids is 1. The molecule has 354 valence electrons. The molecule has 0 heterocycles. The quantitative estimate of drug-likeness (QED) is 0.0422. The van der Waals surface area contributed by atoms with Crippen LogP contribution in [0.5, 0.6) is 0 Å². The smallest absolute Gasteiger partial charge is 0.220 e. The minimum atomic E-state index is -0.864. The van der Waals surface area contributed by atoms with Gasteiger partial charge in [-0.15, -0.1) is 0 Å². The van der Waals surface area contributed by atoms with Crippen LogP contribution in [0.1, 0.15) is 296 Å². The van der Waals surface area contributed by atoms with Crippen molar-refractivity contribution in [1.82, 2.24) is 5.32 Å². The molecule has 0 fully saturated rings. The van der Waals surface area contributed by atoms with Crippen LogP contribution in [0.2, 0.25) is 0 Å². The Morgan fingerprint density at radius 2 is 0.650 bits per heavy atom. The number of hydrogen-bond acceptors (Lipinski definition) is 3. The van der Waals surface area contributed by atoms with E-state index in [1.54, 1.807) is 6.08 Å². The van der Waals surface area contributed by atoms with Crippen molar-refractivity contribution in [3.05, 3.63) is 36.5 Å². The maximum Gasteiger partial charge on any atom is 0.220 e. The molecule has 2 atom stereocenters. The van der Waals surface area contributed by atoms with E-state index in [4.69, 9.17) is 0 Å². The van der Waals surface area contributed by atoms with Crippen molar-refractivity contribution in [3.63, 3.8) is 0 Å². The van der Waals surface area contributed by atoms with E-state index in [9.17, 15) is 15.0 Å². The van der Waals surface area contributed by atoms with Crippen LogP contribution in [0.15, 0.2) is 36.5 Å². The Labute approximate surface area is 376 Å². The van der Waals surface area contributed by atoms with E-state index in [0.29, 0.717) is 6.42 Å². The fourth-order valence-electron chi connectivity index (χ4n) is 8.43. The Morgan fingerprint density at radius 1 is 0.383 bits per heavy atom. The van der Waals surface area contributed by atoms with E-state index >= 15 is 0 Å². The highest BCUT2D eigenvalue weighted by molar-refractivity contribution is 5.76. The lowest BCUT2D eigenvalue weighted by Crippen LogP contribution is -2.45. The second kappa shape index (κ2) is 52.0. The number of nitrogens with one attached hydrogen (secondary N) is 1. The molecule has 0 saturated heterocycles. The Morgan fingerprint density at radius 3 is 0.967 bits per heavy atom. The van der Waals surface area contributed by atoms with Gasteiger partial charge in [-0.3, -0.25) is 4.79 Å². The number of hydrogen-bond donors (Lipinski definition) is 3. The molecule has 0 radical (unpaired) electrons. The average molecular weight is 842 g/mol. The van der Waals surface area contributed by atoms with Crippen molar-refractivity contribution in [2.45, 2.75) is 309 Å². The van der Waals surface area contributed by atoms with Crippen LogP contribution in [0.25, 0.3) is 0 Å². The van der Waals surface area contributed by atoms with E-state index in [1.165, 1.54) is 244 Å². The fourth-order valence-corrected chi connectivity index (χ4v) is 8.43. The number of rotatable bonds is 50. The molecule has 0 saturated carbocycles. The molecule has 4 heteroatoms. The molecular formula is C56H107NO3. The van der Waals surface area contributed by atoms with Gasteiger partial charge in [0.2, 0.25) is 5.91 Å². The van der Waals surface area contributed by atoms with Gasteiger partial charge in [-0.2, -0.15) is 0 Å². The molecular weight excluding hydrogens is 735 g/mol. The second-order valence-electron chi connectivity index (χ2n) is 18.6. The van der Waals surface area contributed by atoms with Gasteiger partial charge in [-0.25, -0.2) is 0 Å². The summed E-state index contributed by atoms with van der Waals surface area (Å²) in [5.74, 6) is -0.0759. The second-order valence-corrected chi connectivity index (χ2v) is 18.6. The average Bonchev–Trinajstić information content (AvgIpc) is 3.25. The molecule has 0 bridgehead atoms. The van der Waals surface area contributed by atoms with Gasteiger partial charge < -0.3 is 15.5 Å². The van der Waals surface area contributed by atoms with Gasteiger partial charge in [0.05, 0.1) is 18.8 Å². The van der Waals surface area contributed by atoms with E-state index < -0.39 is 12.1 Å². The first kappa shape index (κ1) is 58.6. The molecule has 0 rings (SSSR count). The Hall–Kier alpha value is -1.39. The summed E-state index contributed by atoms with van der Waals surface area (Å²) in [4.78, 5) is 12.4. The SMILES string of the molecule is CCCCCCCC/C=C\CCCCCCCCCC(=O)NC(CO)C(O)/C=C/CC/C=C/CCCCCCCCCCCCCCCCCCCCCCCCCCC. The number of aliphatic hydroxyl groups is 2. The van der Waals surface area contributed by atoms with Gasteiger partial charge in [0, 0.05) is 6.42 Å². The molecule has 0 aliphatic rings. The summed E-state index contributed by atoms with van der Waals surface area (Å²) in [5.41, 5.74) is 0. The van der Waals surface area contributed by atoms with E-state index in [-0.39, 0.29) is 12.5 Å². The molecule has 60 heavy (non-hydrogen) atoms. The minimum Gasteiger partial charge on any atom is -0.394 e. The maximum atomic E-state index is 12.4. The first-order valence-corrected chi connectivity index (χ1v) is 27.2. The zero-order valence-corrected chi connectivity index (χ0v) is 40.7. The van der Waals surface area contributed by atoms with Gasteiger partial charge in [-0.05, 0) is 57.8 Å². The standard InChI is InChI=1S/C56H107NO3/c1-3-5-7-9-11-13-15-17-19-21-22-23-24-25-26-27-28-29-30-31-32-33-34-36-37-39-41-43-45-47-49-51-55(59)54(53-58)57-56(60)52-50-48-46-44-42-40-38-35-20-18-16-14-12-10-8-6-4-2/h18,20,41,43,49,51,54-55,58-59H,3-17,19,21-40,42,44-48,50,52-53H2,1-2H3,(H,57,60)/b20-18-,43-41+,51-49+. The molecule has 0 aromatic heterocycles. The van der Waals surface area contributed by atoms with E-state index in [2.05, 4.69) is 43.5 Å². The lowest BCUT2D eigenvalue weighted by atomic mass is 10.0. The number of allylic oxidation sites excluding steroid dienone is 5. The first-order chi connectivity index (χ1) is 29.7. The molecule has 0 aliphatic heterocycles.